The molecule has 0 atom stereocenters. The Kier molecular flexibility index (Phi) is 5.23. The molecule has 0 aliphatic heterocycles. The normalized spacial score (nSPS) is 9.76. The number of aliphatic hydroxyl groups excluding tert-OH is 1. The van der Waals surface area contributed by atoms with Crippen molar-refractivity contribution in [1.29, 1.82) is 0 Å². The lowest BCUT2D eigenvalue weighted by molar-refractivity contribution is -0.116. The number of rotatable bonds is 6. The van der Waals surface area contributed by atoms with Gasteiger partial charge in [-0.2, -0.15) is 0 Å². The number of carbonyl (C=O) groups is 1. The monoisotopic (exact) mass is 235 g/mol. The second kappa shape index (κ2) is 6.70. The number of amides is 1. The first-order valence-electron chi connectivity index (χ1n) is 5.39. The van der Waals surface area contributed by atoms with Gasteiger partial charge >= 0.3 is 0 Å². The summed E-state index contributed by atoms with van der Waals surface area (Å²) in [5.41, 5.74) is 1.30. The molecule has 0 saturated heterocycles. The van der Waals surface area contributed by atoms with Crippen LogP contribution in [0.15, 0.2) is 30.9 Å². The van der Waals surface area contributed by atoms with E-state index in [4.69, 9.17) is 9.84 Å². The molecular weight excluding hydrogens is 218 g/mol. The van der Waals surface area contributed by atoms with Crippen LogP contribution in [0, 0.1) is 0 Å². The Labute approximate surface area is 101 Å². The molecule has 0 fully saturated rings. The van der Waals surface area contributed by atoms with E-state index < -0.39 is 0 Å². The van der Waals surface area contributed by atoms with Crippen LogP contribution in [0.4, 0.5) is 5.69 Å². The molecule has 1 amide bonds. The molecule has 0 aliphatic carbocycles. The van der Waals surface area contributed by atoms with Gasteiger partial charge in [-0.25, -0.2) is 0 Å². The number of anilines is 1. The number of hydrogen-bond donors (Lipinski definition) is 2. The van der Waals surface area contributed by atoms with Crippen molar-refractivity contribution in [3.63, 3.8) is 0 Å². The molecule has 2 N–H and O–H groups in total. The number of aliphatic hydroxyl groups is 1. The third-order valence-corrected chi connectivity index (χ3v) is 2.31. The first-order valence-corrected chi connectivity index (χ1v) is 5.39. The summed E-state index contributed by atoms with van der Waals surface area (Å²) in [7, 11) is 1.54. The van der Waals surface area contributed by atoms with E-state index in [2.05, 4.69) is 11.9 Å². The summed E-state index contributed by atoms with van der Waals surface area (Å²) in [6, 6.07) is 5.16. The van der Waals surface area contributed by atoms with Gasteiger partial charge in [0.1, 0.15) is 5.75 Å². The van der Waals surface area contributed by atoms with Crippen LogP contribution < -0.4 is 10.1 Å². The lowest BCUT2D eigenvalue weighted by Crippen LogP contribution is -2.11. The van der Waals surface area contributed by atoms with E-state index in [0.29, 0.717) is 29.8 Å². The highest BCUT2D eigenvalue weighted by Crippen LogP contribution is 2.22. The fourth-order valence-electron chi connectivity index (χ4n) is 1.44. The molecule has 4 heteroatoms. The Morgan fingerprint density at radius 1 is 1.59 bits per heavy atom. The minimum absolute atomic E-state index is 0.0704. The first kappa shape index (κ1) is 13.3. The van der Waals surface area contributed by atoms with E-state index in [0.717, 1.165) is 0 Å². The van der Waals surface area contributed by atoms with Gasteiger partial charge in [0.2, 0.25) is 5.91 Å². The standard InChI is InChI=1S/C13H17NO3/c1-3-4-5-13(16)14-11-6-7-12(17-2)10(8-11)9-15/h3,6-8,15H,1,4-5,9H2,2H3,(H,14,16). The molecule has 0 radical (unpaired) electrons. The van der Waals surface area contributed by atoms with Crippen LogP contribution in [-0.2, 0) is 11.4 Å². The van der Waals surface area contributed by atoms with E-state index in [1.165, 1.54) is 7.11 Å². The highest BCUT2D eigenvalue weighted by molar-refractivity contribution is 5.90. The number of allylic oxidation sites excluding steroid dienone is 1. The van der Waals surface area contributed by atoms with Gasteiger partial charge in [0, 0.05) is 17.7 Å². The largest absolute Gasteiger partial charge is 0.496 e. The second-order valence-corrected chi connectivity index (χ2v) is 3.56. The Hall–Kier alpha value is -1.81. The molecule has 0 spiro atoms. The van der Waals surface area contributed by atoms with Crippen LogP contribution in [0.5, 0.6) is 5.75 Å². The van der Waals surface area contributed by atoms with E-state index in [-0.39, 0.29) is 12.5 Å². The topological polar surface area (TPSA) is 58.6 Å². The minimum atomic E-state index is -0.125. The molecule has 1 aromatic rings. The van der Waals surface area contributed by atoms with Crippen molar-refractivity contribution in [2.75, 3.05) is 12.4 Å². The molecule has 1 aromatic carbocycles. The van der Waals surface area contributed by atoms with E-state index >= 15 is 0 Å². The van der Waals surface area contributed by atoms with Crippen molar-refractivity contribution in [1.82, 2.24) is 0 Å². The smallest absolute Gasteiger partial charge is 0.224 e. The summed E-state index contributed by atoms with van der Waals surface area (Å²) in [5, 5.41) is 11.9. The van der Waals surface area contributed by atoms with Crippen LogP contribution in [0.1, 0.15) is 18.4 Å². The Balaban J connectivity index is 2.71. The fraction of sp³-hybridized carbons (Fsp3) is 0.308. The van der Waals surface area contributed by atoms with Crippen LogP contribution in [0.3, 0.4) is 0 Å². The Morgan fingerprint density at radius 2 is 2.35 bits per heavy atom. The lowest BCUT2D eigenvalue weighted by atomic mass is 10.2. The third kappa shape index (κ3) is 3.92. The number of ether oxygens (including phenoxy) is 1. The Morgan fingerprint density at radius 3 is 2.94 bits per heavy atom. The van der Waals surface area contributed by atoms with Crippen LogP contribution in [0.2, 0.25) is 0 Å². The maximum absolute atomic E-state index is 11.5. The highest BCUT2D eigenvalue weighted by Gasteiger charge is 2.05. The molecule has 4 nitrogen and oxygen atoms in total. The van der Waals surface area contributed by atoms with E-state index in [1.54, 1.807) is 24.3 Å². The molecule has 92 valence electrons. The molecule has 0 aliphatic rings. The molecule has 17 heavy (non-hydrogen) atoms. The molecule has 0 heterocycles. The van der Waals surface area contributed by atoms with Gasteiger partial charge in [0.15, 0.2) is 0 Å². The van der Waals surface area contributed by atoms with Crippen molar-refractivity contribution in [3.8, 4) is 5.75 Å². The number of methoxy groups -OCH3 is 1. The van der Waals surface area contributed by atoms with Crippen molar-refractivity contribution in [3.05, 3.63) is 36.4 Å². The minimum Gasteiger partial charge on any atom is -0.496 e. The predicted octanol–water partition coefficient (Wildman–Crippen LogP) is 2.09. The number of carbonyl (C=O) groups excluding carboxylic acids is 1. The molecular formula is C13H17NO3. The average molecular weight is 235 g/mol. The van der Waals surface area contributed by atoms with Gasteiger partial charge in [0.25, 0.3) is 0 Å². The molecule has 0 bridgehead atoms. The van der Waals surface area contributed by atoms with Crippen molar-refractivity contribution in [2.24, 2.45) is 0 Å². The van der Waals surface area contributed by atoms with Crippen molar-refractivity contribution >= 4 is 11.6 Å². The van der Waals surface area contributed by atoms with Crippen LogP contribution in [-0.4, -0.2) is 18.1 Å². The highest BCUT2D eigenvalue weighted by atomic mass is 16.5. The number of hydrogen-bond acceptors (Lipinski definition) is 3. The second-order valence-electron chi connectivity index (χ2n) is 3.56. The van der Waals surface area contributed by atoms with Gasteiger partial charge in [0.05, 0.1) is 13.7 Å². The molecule has 0 saturated carbocycles. The zero-order valence-electron chi connectivity index (χ0n) is 9.90. The summed E-state index contributed by atoms with van der Waals surface area (Å²) in [6.45, 7) is 3.43. The SMILES string of the molecule is C=CCCC(=O)Nc1ccc(OC)c(CO)c1. The molecule has 0 unspecified atom stereocenters. The van der Waals surface area contributed by atoms with Crippen LogP contribution in [0.25, 0.3) is 0 Å². The zero-order chi connectivity index (χ0) is 12.7. The predicted molar refractivity (Wildman–Crippen MR) is 67.0 cm³/mol. The summed E-state index contributed by atoms with van der Waals surface area (Å²) < 4.78 is 5.08. The zero-order valence-corrected chi connectivity index (χ0v) is 9.90. The summed E-state index contributed by atoms with van der Waals surface area (Å²) in [5.74, 6) is 0.538. The maximum Gasteiger partial charge on any atom is 0.224 e. The van der Waals surface area contributed by atoms with E-state index in [9.17, 15) is 4.79 Å². The van der Waals surface area contributed by atoms with Crippen molar-refractivity contribution < 1.29 is 14.6 Å². The van der Waals surface area contributed by atoms with Gasteiger partial charge in [-0.15, -0.1) is 6.58 Å². The quantitative estimate of drug-likeness (QED) is 0.742. The van der Waals surface area contributed by atoms with Crippen LogP contribution >= 0.6 is 0 Å². The van der Waals surface area contributed by atoms with Gasteiger partial charge < -0.3 is 15.2 Å². The number of nitrogens with one attached hydrogen (secondary N) is 1. The first-order chi connectivity index (χ1) is 8.21. The molecule has 0 aromatic heterocycles. The maximum atomic E-state index is 11.5. The van der Waals surface area contributed by atoms with Gasteiger partial charge in [-0.3, -0.25) is 4.79 Å². The average Bonchev–Trinajstić information content (AvgIpc) is 2.36. The summed E-state index contributed by atoms with van der Waals surface area (Å²) in [6.07, 6.45) is 2.76. The van der Waals surface area contributed by atoms with Gasteiger partial charge in [-0.05, 0) is 24.6 Å². The van der Waals surface area contributed by atoms with Crippen molar-refractivity contribution in [2.45, 2.75) is 19.4 Å². The Bertz CT molecular complexity index is 402. The summed E-state index contributed by atoms with van der Waals surface area (Å²) >= 11 is 0. The number of benzene rings is 1. The van der Waals surface area contributed by atoms with E-state index in [1.807, 2.05) is 0 Å². The fourth-order valence-corrected chi connectivity index (χ4v) is 1.44. The molecule has 1 rings (SSSR count). The third-order valence-electron chi connectivity index (χ3n) is 2.31. The lowest BCUT2D eigenvalue weighted by Gasteiger charge is -2.09. The van der Waals surface area contributed by atoms with Gasteiger partial charge in [-0.1, -0.05) is 6.08 Å². The summed E-state index contributed by atoms with van der Waals surface area (Å²) in [4.78, 5) is 11.5.